The molecule has 1 aromatic rings. The third-order valence-corrected chi connectivity index (χ3v) is 5.16. The number of benzene rings is 1. The van der Waals surface area contributed by atoms with Gasteiger partial charge in [0.05, 0.1) is 17.7 Å². The Kier molecular flexibility index (Phi) is 4.17. The molecule has 1 saturated heterocycles. The van der Waals surface area contributed by atoms with Gasteiger partial charge in [0.2, 0.25) is 0 Å². The Hall–Kier alpha value is -1.53. The number of aliphatic hydroxyl groups is 1. The maximum atomic E-state index is 10.1. The molecule has 1 heterocycles. The summed E-state index contributed by atoms with van der Waals surface area (Å²) in [4.78, 5) is 2.48. The molecule has 1 aliphatic heterocycles. The van der Waals surface area contributed by atoms with Crippen LogP contribution >= 0.6 is 0 Å². The van der Waals surface area contributed by atoms with Crippen LogP contribution in [0.25, 0.3) is 0 Å². The zero-order chi connectivity index (χ0) is 14.8. The van der Waals surface area contributed by atoms with Crippen LogP contribution in [-0.2, 0) is 0 Å². The molecule has 1 saturated carbocycles. The Bertz CT molecular complexity index is 545. The molecule has 1 N–H and O–H groups in total. The van der Waals surface area contributed by atoms with Gasteiger partial charge >= 0.3 is 0 Å². The van der Waals surface area contributed by atoms with Crippen LogP contribution in [0.15, 0.2) is 18.2 Å². The largest absolute Gasteiger partial charge is 0.389 e. The smallest absolute Gasteiger partial charge is 0.0992 e. The molecule has 0 aromatic heterocycles. The molecule has 0 spiro atoms. The predicted octanol–water partition coefficient (Wildman–Crippen LogP) is 3.77. The van der Waals surface area contributed by atoms with Gasteiger partial charge < -0.3 is 10.0 Å². The highest BCUT2D eigenvalue weighted by Crippen LogP contribution is 2.40. The summed E-state index contributed by atoms with van der Waals surface area (Å²) in [5, 5.41) is 19.3. The third kappa shape index (κ3) is 2.78. The molecule has 1 aliphatic carbocycles. The van der Waals surface area contributed by atoms with Gasteiger partial charge in [-0.3, -0.25) is 0 Å². The van der Waals surface area contributed by atoms with Crippen molar-refractivity contribution >= 4 is 5.69 Å². The summed E-state index contributed by atoms with van der Waals surface area (Å²) < 4.78 is 0. The molecule has 21 heavy (non-hydrogen) atoms. The van der Waals surface area contributed by atoms with Crippen molar-refractivity contribution in [3.8, 4) is 6.07 Å². The summed E-state index contributed by atoms with van der Waals surface area (Å²) in [6.07, 6.45) is 7.32. The van der Waals surface area contributed by atoms with E-state index in [0.29, 0.717) is 11.6 Å². The van der Waals surface area contributed by atoms with E-state index >= 15 is 0 Å². The van der Waals surface area contributed by atoms with Gasteiger partial charge in [0.25, 0.3) is 0 Å². The molecule has 3 nitrogen and oxygen atoms in total. The lowest BCUT2D eigenvalue weighted by Gasteiger charge is -2.46. The van der Waals surface area contributed by atoms with Gasteiger partial charge in [-0.2, -0.15) is 5.26 Å². The number of nitriles is 1. The van der Waals surface area contributed by atoms with E-state index in [9.17, 15) is 10.4 Å². The fourth-order valence-electron chi connectivity index (χ4n) is 4.14. The minimum Gasteiger partial charge on any atom is -0.389 e. The molecule has 0 amide bonds. The number of nitrogens with zero attached hydrogens (tertiary/aromatic N) is 2. The second-order valence-corrected chi connectivity index (χ2v) is 6.51. The van der Waals surface area contributed by atoms with Crippen molar-refractivity contribution in [1.29, 1.82) is 5.26 Å². The highest BCUT2D eigenvalue weighted by molar-refractivity contribution is 5.59. The van der Waals surface area contributed by atoms with Crippen molar-refractivity contribution in [3.05, 3.63) is 29.3 Å². The lowest BCUT2D eigenvalue weighted by molar-refractivity contribution is 0.197. The molecule has 1 aromatic carbocycles. The van der Waals surface area contributed by atoms with Crippen LogP contribution in [0.1, 0.15) is 62.7 Å². The zero-order valence-corrected chi connectivity index (χ0v) is 12.8. The molecule has 3 heteroatoms. The van der Waals surface area contributed by atoms with Crippen molar-refractivity contribution < 1.29 is 5.11 Å². The van der Waals surface area contributed by atoms with Crippen molar-refractivity contribution in [2.24, 2.45) is 5.92 Å². The predicted molar refractivity (Wildman–Crippen MR) is 84.1 cm³/mol. The lowest BCUT2D eigenvalue weighted by atomic mass is 9.78. The van der Waals surface area contributed by atoms with Crippen LogP contribution in [-0.4, -0.2) is 17.7 Å². The second-order valence-electron chi connectivity index (χ2n) is 6.51. The molecule has 3 unspecified atom stereocenters. The zero-order valence-electron chi connectivity index (χ0n) is 12.8. The average molecular weight is 284 g/mol. The first-order valence-corrected chi connectivity index (χ1v) is 8.19. The molecule has 3 atom stereocenters. The van der Waals surface area contributed by atoms with E-state index in [-0.39, 0.29) is 0 Å². The molecule has 2 fully saturated rings. The van der Waals surface area contributed by atoms with Crippen LogP contribution in [0, 0.1) is 17.2 Å². The van der Waals surface area contributed by atoms with Crippen molar-refractivity contribution in [2.45, 2.75) is 57.6 Å². The first kappa shape index (κ1) is 14.4. The molecule has 0 radical (unpaired) electrons. The van der Waals surface area contributed by atoms with Gasteiger partial charge in [0, 0.05) is 23.8 Å². The summed E-state index contributed by atoms with van der Waals surface area (Å²) in [7, 11) is 0. The summed E-state index contributed by atoms with van der Waals surface area (Å²) >= 11 is 0. The van der Waals surface area contributed by atoms with Gasteiger partial charge in [0.15, 0.2) is 0 Å². The van der Waals surface area contributed by atoms with E-state index in [0.717, 1.165) is 23.7 Å². The van der Waals surface area contributed by atoms with Gasteiger partial charge in [-0.05, 0) is 50.7 Å². The Morgan fingerprint density at radius 2 is 2.00 bits per heavy atom. The normalized spacial score (nSPS) is 26.8. The highest BCUT2D eigenvalue weighted by Gasteiger charge is 2.34. The SMILES string of the molecule is CC(O)c1ccc(C#N)cc1N1CCCC2CCCCC21. The first-order chi connectivity index (χ1) is 10.2. The monoisotopic (exact) mass is 284 g/mol. The maximum Gasteiger partial charge on any atom is 0.0992 e. The topological polar surface area (TPSA) is 47.3 Å². The standard InChI is InChI=1S/C18H24N2O/c1-13(21)16-9-8-14(12-19)11-18(16)20-10-4-6-15-5-2-3-7-17(15)20/h8-9,11,13,15,17,21H,2-7,10H2,1H3. The van der Waals surface area contributed by atoms with Crippen molar-refractivity contribution in [1.82, 2.24) is 0 Å². The van der Waals surface area contributed by atoms with E-state index in [4.69, 9.17) is 0 Å². The van der Waals surface area contributed by atoms with E-state index in [1.807, 2.05) is 25.1 Å². The van der Waals surface area contributed by atoms with Crippen molar-refractivity contribution in [2.75, 3.05) is 11.4 Å². The Balaban J connectivity index is 1.99. The number of hydrogen-bond donors (Lipinski definition) is 1. The maximum absolute atomic E-state index is 10.1. The van der Waals surface area contributed by atoms with Gasteiger partial charge in [-0.1, -0.05) is 18.9 Å². The molecular formula is C18H24N2O. The van der Waals surface area contributed by atoms with Gasteiger partial charge in [-0.25, -0.2) is 0 Å². The van der Waals surface area contributed by atoms with Crippen LogP contribution in [0.2, 0.25) is 0 Å². The van der Waals surface area contributed by atoms with Crippen molar-refractivity contribution in [3.63, 3.8) is 0 Å². The number of piperidine rings is 1. The number of rotatable bonds is 2. The lowest BCUT2D eigenvalue weighted by Crippen LogP contribution is -2.47. The number of anilines is 1. The van der Waals surface area contributed by atoms with Crippen LogP contribution in [0.3, 0.4) is 0 Å². The minimum absolute atomic E-state index is 0.489. The second kappa shape index (κ2) is 6.07. The Morgan fingerprint density at radius 3 is 2.76 bits per heavy atom. The fraction of sp³-hybridized carbons (Fsp3) is 0.611. The first-order valence-electron chi connectivity index (χ1n) is 8.19. The van der Waals surface area contributed by atoms with Crippen LogP contribution < -0.4 is 4.90 Å². The molecule has 2 aliphatic rings. The average Bonchev–Trinajstić information content (AvgIpc) is 2.53. The Labute approximate surface area is 127 Å². The van der Waals surface area contributed by atoms with Gasteiger partial charge in [0.1, 0.15) is 0 Å². The van der Waals surface area contributed by atoms with E-state index in [2.05, 4.69) is 11.0 Å². The molecule has 112 valence electrons. The molecule has 3 rings (SSSR count). The van der Waals surface area contributed by atoms with Gasteiger partial charge in [-0.15, -0.1) is 0 Å². The minimum atomic E-state index is -0.489. The summed E-state index contributed by atoms with van der Waals surface area (Å²) in [5.74, 6) is 0.792. The number of aliphatic hydroxyl groups excluding tert-OH is 1. The summed E-state index contributed by atoms with van der Waals surface area (Å²) in [6, 6.07) is 8.54. The number of fused-ring (bicyclic) bond motifs is 1. The third-order valence-electron chi connectivity index (χ3n) is 5.16. The number of hydrogen-bond acceptors (Lipinski definition) is 3. The highest BCUT2D eigenvalue weighted by atomic mass is 16.3. The Morgan fingerprint density at radius 1 is 1.24 bits per heavy atom. The van der Waals surface area contributed by atoms with E-state index in [1.54, 1.807) is 0 Å². The molecular weight excluding hydrogens is 260 g/mol. The fourth-order valence-corrected chi connectivity index (χ4v) is 4.14. The summed E-state index contributed by atoms with van der Waals surface area (Å²) in [6.45, 7) is 2.86. The van der Waals surface area contributed by atoms with Crippen LogP contribution in [0.5, 0.6) is 0 Å². The van der Waals surface area contributed by atoms with E-state index < -0.39 is 6.10 Å². The van der Waals surface area contributed by atoms with E-state index in [1.165, 1.54) is 38.5 Å². The molecule has 0 bridgehead atoms. The van der Waals surface area contributed by atoms with Crippen LogP contribution in [0.4, 0.5) is 5.69 Å². The quantitative estimate of drug-likeness (QED) is 0.899. The summed E-state index contributed by atoms with van der Waals surface area (Å²) in [5.41, 5.74) is 2.73.